The van der Waals surface area contributed by atoms with Crippen LogP contribution in [0.1, 0.15) is 16.1 Å². The van der Waals surface area contributed by atoms with Crippen LogP contribution in [-0.4, -0.2) is 30.4 Å². The third kappa shape index (κ3) is 5.70. The van der Waals surface area contributed by atoms with E-state index < -0.39 is 16.6 Å². The Balaban J connectivity index is 1.39. The highest BCUT2D eigenvalue weighted by atomic mass is 35.5. The molecule has 35 heavy (non-hydrogen) atoms. The molecule has 0 saturated heterocycles. The number of nitro groups is 1. The van der Waals surface area contributed by atoms with Crippen molar-refractivity contribution in [3.05, 3.63) is 97.1 Å². The Bertz CT molecular complexity index is 1400. The molecule has 0 atom stereocenters. The number of halogens is 4. The van der Waals surface area contributed by atoms with E-state index in [1.165, 1.54) is 58.2 Å². The number of anilines is 1. The lowest BCUT2D eigenvalue weighted by Crippen LogP contribution is -2.15. The topological polar surface area (TPSA) is 117 Å². The maximum Gasteiger partial charge on any atom is 0.277 e. The minimum absolute atomic E-state index is 0.0122. The molecule has 4 rings (SSSR count). The van der Waals surface area contributed by atoms with Crippen molar-refractivity contribution in [2.24, 2.45) is 0 Å². The van der Waals surface area contributed by atoms with Crippen molar-refractivity contribution < 1.29 is 18.8 Å². The first-order valence-electron chi connectivity index (χ1n) is 9.78. The molecule has 0 saturated carbocycles. The Labute approximate surface area is 211 Å². The Morgan fingerprint density at radius 2 is 1.89 bits per heavy atom. The van der Waals surface area contributed by atoms with Gasteiger partial charge in [0.1, 0.15) is 16.6 Å². The van der Waals surface area contributed by atoms with E-state index in [1.54, 1.807) is 6.07 Å². The van der Waals surface area contributed by atoms with Crippen molar-refractivity contribution in [2.75, 3.05) is 5.32 Å². The molecule has 4 aromatic rings. The lowest BCUT2D eigenvalue weighted by atomic mass is 10.2. The Morgan fingerprint density at radius 3 is 2.60 bits per heavy atom. The first-order chi connectivity index (χ1) is 16.7. The van der Waals surface area contributed by atoms with Crippen LogP contribution in [0, 0.1) is 15.9 Å². The number of aromatic nitrogens is 4. The first-order valence-corrected chi connectivity index (χ1v) is 10.9. The Morgan fingerprint density at radius 1 is 1.09 bits per heavy atom. The molecule has 0 bridgehead atoms. The van der Waals surface area contributed by atoms with Gasteiger partial charge in [0.2, 0.25) is 0 Å². The largest absolute Gasteiger partial charge is 0.470 e. The fourth-order valence-electron chi connectivity index (χ4n) is 2.99. The average molecular weight is 540 g/mol. The summed E-state index contributed by atoms with van der Waals surface area (Å²) in [6.45, 7) is -0.0954. The van der Waals surface area contributed by atoms with E-state index in [0.717, 1.165) is 0 Å². The minimum Gasteiger partial charge on any atom is -0.470 e. The van der Waals surface area contributed by atoms with E-state index in [-0.39, 0.29) is 56.9 Å². The molecule has 1 amide bonds. The summed E-state index contributed by atoms with van der Waals surface area (Å²) in [6, 6.07) is 9.57. The van der Waals surface area contributed by atoms with Gasteiger partial charge in [-0.05, 0) is 24.3 Å². The highest BCUT2D eigenvalue weighted by molar-refractivity contribution is 6.33. The van der Waals surface area contributed by atoms with Gasteiger partial charge in [0.05, 0.1) is 16.5 Å². The summed E-state index contributed by atoms with van der Waals surface area (Å²) < 4.78 is 22.2. The number of rotatable bonds is 8. The number of nitrogens with zero attached hydrogens (tertiary/aromatic N) is 5. The molecular formula is C21H14Cl3FN6O4. The van der Waals surface area contributed by atoms with Crippen LogP contribution < -0.4 is 10.1 Å². The third-order valence-corrected chi connectivity index (χ3v) is 5.61. The number of carbonyl (C=O) groups is 1. The van der Waals surface area contributed by atoms with E-state index in [1.807, 2.05) is 0 Å². The van der Waals surface area contributed by atoms with Crippen LogP contribution in [0.15, 0.2) is 54.9 Å². The molecule has 0 unspecified atom stereocenters. The highest BCUT2D eigenvalue weighted by Gasteiger charge is 2.17. The average Bonchev–Trinajstić information content (AvgIpc) is 3.42. The second kappa shape index (κ2) is 10.3. The van der Waals surface area contributed by atoms with Gasteiger partial charge in [0.15, 0.2) is 18.2 Å². The molecule has 0 spiro atoms. The normalized spacial score (nSPS) is 10.9. The predicted octanol–water partition coefficient (Wildman–Crippen LogP) is 5.42. The zero-order valence-corrected chi connectivity index (χ0v) is 19.8. The molecule has 1 N–H and O–H groups in total. The fourth-order valence-corrected chi connectivity index (χ4v) is 3.64. The summed E-state index contributed by atoms with van der Waals surface area (Å²) in [5.41, 5.74) is 0.114. The van der Waals surface area contributed by atoms with E-state index in [0.29, 0.717) is 0 Å². The van der Waals surface area contributed by atoms with Gasteiger partial charge in [0.25, 0.3) is 11.6 Å². The van der Waals surface area contributed by atoms with Gasteiger partial charge in [0, 0.05) is 35.1 Å². The maximum atomic E-state index is 14.0. The van der Waals surface area contributed by atoms with Crippen molar-refractivity contribution in [3.8, 4) is 5.75 Å². The van der Waals surface area contributed by atoms with E-state index in [4.69, 9.17) is 39.5 Å². The zero-order valence-electron chi connectivity index (χ0n) is 17.5. The van der Waals surface area contributed by atoms with Gasteiger partial charge in [-0.2, -0.15) is 10.2 Å². The van der Waals surface area contributed by atoms with E-state index in [9.17, 15) is 19.3 Å². The number of nitro benzene ring substituents is 1. The van der Waals surface area contributed by atoms with Crippen molar-refractivity contribution in [1.29, 1.82) is 0 Å². The first kappa shape index (κ1) is 24.5. The number of ether oxygens (including phenoxy) is 1. The SMILES string of the molecule is O=C(Nc1nn(Cc2c(F)cccc2Cl)cc1Cl)c1ccn(COc2ccc([N+](=O)[O-])cc2Cl)n1. The molecule has 0 aliphatic rings. The molecular weight excluding hydrogens is 526 g/mol. The maximum absolute atomic E-state index is 14.0. The molecule has 2 aromatic carbocycles. The number of hydrogen-bond donors (Lipinski definition) is 1. The molecule has 14 heteroatoms. The van der Waals surface area contributed by atoms with Gasteiger partial charge in [-0.1, -0.05) is 40.9 Å². The van der Waals surface area contributed by atoms with Crippen LogP contribution in [0.2, 0.25) is 15.1 Å². The van der Waals surface area contributed by atoms with Crippen LogP contribution >= 0.6 is 34.8 Å². The Hall–Kier alpha value is -3.67. The number of nitrogens with one attached hydrogen (secondary N) is 1. The number of amides is 1. The summed E-state index contributed by atoms with van der Waals surface area (Å²) in [6.07, 6.45) is 2.93. The van der Waals surface area contributed by atoms with Crippen LogP contribution in [0.3, 0.4) is 0 Å². The van der Waals surface area contributed by atoms with Crippen molar-refractivity contribution in [1.82, 2.24) is 19.6 Å². The molecule has 10 nitrogen and oxygen atoms in total. The Kier molecular flexibility index (Phi) is 7.20. The van der Waals surface area contributed by atoms with Crippen LogP contribution in [0.5, 0.6) is 5.75 Å². The predicted molar refractivity (Wildman–Crippen MR) is 127 cm³/mol. The van der Waals surface area contributed by atoms with Crippen molar-refractivity contribution in [3.63, 3.8) is 0 Å². The molecule has 2 heterocycles. The monoisotopic (exact) mass is 538 g/mol. The second-order valence-electron chi connectivity index (χ2n) is 7.06. The molecule has 2 aromatic heterocycles. The summed E-state index contributed by atoms with van der Waals surface area (Å²) in [4.78, 5) is 22.8. The molecule has 180 valence electrons. The summed E-state index contributed by atoms with van der Waals surface area (Å²) in [7, 11) is 0. The lowest BCUT2D eigenvalue weighted by Gasteiger charge is -2.07. The number of carbonyl (C=O) groups excluding carboxylic acids is 1. The fraction of sp³-hybridized carbons (Fsp3) is 0.0952. The van der Waals surface area contributed by atoms with Gasteiger partial charge in [-0.3, -0.25) is 19.6 Å². The van der Waals surface area contributed by atoms with Gasteiger partial charge < -0.3 is 10.1 Å². The van der Waals surface area contributed by atoms with Crippen molar-refractivity contribution >= 4 is 52.2 Å². The summed E-state index contributed by atoms with van der Waals surface area (Å²) >= 11 is 18.2. The molecule has 0 radical (unpaired) electrons. The van der Waals surface area contributed by atoms with E-state index in [2.05, 4.69) is 15.5 Å². The highest BCUT2D eigenvalue weighted by Crippen LogP contribution is 2.29. The standard InChI is InChI=1S/C21H14Cl3FN6O4/c22-14-2-1-3-17(25)13(14)9-30-10-16(24)20(28-30)26-21(32)18-6-7-29(27-18)11-35-19-5-4-12(31(33)34)8-15(19)23/h1-8,10H,9,11H2,(H,26,28,32). The smallest absolute Gasteiger partial charge is 0.277 e. The minimum atomic E-state index is -0.590. The van der Waals surface area contributed by atoms with Gasteiger partial charge in [-0.25, -0.2) is 9.07 Å². The van der Waals surface area contributed by atoms with Gasteiger partial charge >= 0.3 is 0 Å². The zero-order chi connectivity index (χ0) is 25.1. The number of hydrogen-bond acceptors (Lipinski definition) is 6. The second-order valence-corrected chi connectivity index (χ2v) is 8.28. The summed E-state index contributed by atoms with van der Waals surface area (Å²) in [5, 5.41) is 22.1. The molecule has 0 fully saturated rings. The van der Waals surface area contributed by atoms with Crippen LogP contribution in [-0.2, 0) is 13.3 Å². The number of benzene rings is 2. The lowest BCUT2D eigenvalue weighted by molar-refractivity contribution is -0.384. The third-order valence-electron chi connectivity index (χ3n) is 4.68. The molecule has 0 aliphatic carbocycles. The molecule has 0 aliphatic heterocycles. The van der Waals surface area contributed by atoms with E-state index >= 15 is 0 Å². The van der Waals surface area contributed by atoms with Crippen LogP contribution in [0.4, 0.5) is 15.9 Å². The quantitative estimate of drug-likeness (QED) is 0.236. The van der Waals surface area contributed by atoms with Crippen molar-refractivity contribution in [2.45, 2.75) is 13.3 Å². The number of non-ortho nitro benzene ring substituents is 1. The van der Waals surface area contributed by atoms with Crippen LogP contribution in [0.25, 0.3) is 0 Å². The summed E-state index contributed by atoms with van der Waals surface area (Å²) in [5.74, 6) is -0.802. The van der Waals surface area contributed by atoms with Gasteiger partial charge in [-0.15, -0.1) is 0 Å².